The van der Waals surface area contributed by atoms with Gasteiger partial charge < -0.3 is 5.32 Å². The van der Waals surface area contributed by atoms with E-state index in [1.54, 1.807) is 31.2 Å². The molecule has 0 radical (unpaired) electrons. The number of benzene rings is 2. The summed E-state index contributed by atoms with van der Waals surface area (Å²) in [6, 6.07) is 16.5. The van der Waals surface area contributed by atoms with Gasteiger partial charge in [0.15, 0.2) is 0 Å². The fourth-order valence-corrected chi connectivity index (χ4v) is 3.04. The van der Waals surface area contributed by atoms with Crippen molar-refractivity contribution in [2.45, 2.75) is 6.92 Å². The van der Waals surface area contributed by atoms with E-state index in [9.17, 15) is 9.59 Å². The van der Waals surface area contributed by atoms with Crippen molar-refractivity contribution < 1.29 is 4.79 Å². The molecule has 0 aliphatic rings. The molecule has 2 heterocycles. The highest BCUT2D eigenvalue weighted by molar-refractivity contribution is 6.30. The first kappa shape index (κ1) is 16.3. The molecule has 0 bridgehead atoms. The van der Waals surface area contributed by atoms with Gasteiger partial charge in [0.25, 0.3) is 11.5 Å². The quantitative estimate of drug-likeness (QED) is 0.584. The van der Waals surface area contributed by atoms with Gasteiger partial charge in [0, 0.05) is 11.8 Å². The molecule has 0 saturated heterocycles. The minimum absolute atomic E-state index is 0.142. The van der Waals surface area contributed by atoms with Gasteiger partial charge in [0.1, 0.15) is 11.3 Å². The zero-order valence-electron chi connectivity index (χ0n) is 13.9. The zero-order valence-corrected chi connectivity index (χ0v) is 14.6. The molecule has 4 aromatic rings. The Labute approximate surface area is 153 Å². The van der Waals surface area contributed by atoms with Crippen LogP contribution in [-0.4, -0.2) is 15.3 Å². The number of carbonyl (C=O) groups excluding carboxylic acids is 1. The molecule has 128 valence electrons. The first-order chi connectivity index (χ1) is 12.5. The van der Waals surface area contributed by atoms with Crippen LogP contribution in [0.2, 0.25) is 5.02 Å². The van der Waals surface area contributed by atoms with E-state index in [4.69, 9.17) is 11.6 Å². The van der Waals surface area contributed by atoms with Crippen LogP contribution >= 0.6 is 11.6 Å². The van der Waals surface area contributed by atoms with Crippen LogP contribution in [-0.2, 0) is 0 Å². The molecule has 6 heteroatoms. The largest absolute Gasteiger partial charge is 0.316 e. The molecule has 0 atom stereocenters. The van der Waals surface area contributed by atoms with Crippen LogP contribution in [0.15, 0.2) is 65.6 Å². The molecule has 0 aliphatic carbocycles. The summed E-state index contributed by atoms with van der Waals surface area (Å²) in [4.78, 5) is 29.7. The molecule has 0 saturated carbocycles. The molecule has 0 spiro atoms. The summed E-state index contributed by atoms with van der Waals surface area (Å²) < 4.78 is 1.32. The Hall–Kier alpha value is -3.18. The molecule has 0 fully saturated rings. The van der Waals surface area contributed by atoms with Crippen molar-refractivity contribution in [3.05, 3.63) is 87.4 Å². The van der Waals surface area contributed by atoms with Crippen molar-refractivity contribution in [2.24, 2.45) is 0 Å². The number of halogens is 1. The summed E-state index contributed by atoms with van der Waals surface area (Å²) >= 11 is 5.97. The Morgan fingerprint density at radius 1 is 1.08 bits per heavy atom. The molecule has 2 aromatic carbocycles. The predicted octanol–water partition coefficient (Wildman–Crippen LogP) is 4.06. The smallest absolute Gasteiger partial charge is 0.281 e. The summed E-state index contributed by atoms with van der Waals surface area (Å²) in [7, 11) is 0. The maximum atomic E-state index is 12.7. The second-order valence-corrected chi connectivity index (χ2v) is 6.41. The summed E-state index contributed by atoms with van der Waals surface area (Å²) in [6.45, 7) is 1.69. The van der Waals surface area contributed by atoms with E-state index in [0.717, 1.165) is 10.8 Å². The highest BCUT2D eigenvalue weighted by atomic mass is 35.5. The molecule has 5 nitrogen and oxygen atoms in total. The first-order valence-corrected chi connectivity index (χ1v) is 8.39. The maximum absolute atomic E-state index is 12.7. The van der Waals surface area contributed by atoms with Crippen molar-refractivity contribution in [1.29, 1.82) is 0 Å². The van der Waals surface area contributed by atoms with E-state index < -0.39 is 0 Å². The van der Waals surface area contributed by atoms with Gasteiger partial charge in [-0.05, 0) is 42.0 Å². The minimum Gasteiger partial charge on any atom is -0.316 e. The number of hydrogen-bond donors (Lipinski definition) is 1. The van der Waals surface area contributed by atoms with Gasteiger partial charge in [-0.25, -0.2) is 4.98 Å². The molecule has 1 N–H and O–H groups in total. The maximum Gasteiger partial charge on any atom is 0.281 e. The standard InChI is InChI=1S/C20H14ClN3O2/c1-12-18(20(26)24-11-16(21)8-9-17(24)22-12)23-19(25)15-7-6-13-4-2-3-5-14(13)10-15/h2-11H,1H3,(H,23,25). The van der Waals surface area contributed by atoms with E-state index in [2.05, 4.69) is 10.3 Å². The van der Waals surface area contributed by atoms with Crippen molar-refractivity contribution >= 4 is 39.6 Å². The Kier molecular flexibility index (Phi) is 3.93. The molecule has 2 aromatic heterocycles. The molecule has 1 amide bonds. The van der Waals surface area contributed by atoms with Gasteiger partial charge in [-0.15, -0.1) is 0 Å². The van der Waals surface area contributed by atoms with Crippen LogP contribution in [0.3, 0.4) is 0 Å². The number of nitrogens with one attached hydrogen (secondary N) is 1. The first-order valence-electron chi connectivity index (χ1n) is 8.01. The number of fused-ring (bicyclic) bond motifs is 2. The lowest BCUT2D eigenvalue weighted by molar-refractivity contribution is 0.102. The van der Waals surface area contributed by atoms with Crippen molar-refractivity contribution in [2.75, 3.05) is 5.32 Å². The lowest BCUT2D eigenvalue weighted by Crippen LogP contribution is -2.25. The predicted molar refractivity (Wildman–Crippen MR) is 103 cm³/mol. The third kappa shape index (κ3) is 2.82. The Morgan fingerprint density at radius 3 is 2.65 bits per heavy atom. The molecule has 4 rings (SSSR count). The van der Waals surface area contributed by atoms with Gasteiger partial charge in [-0.1, -0.05) is 41.9 Å². The van der Waals surface area contributed by atoms with Gasteiger partial charge in [0.2, 0.25) is 0 Å². The van der Waals surface area contributed by atoms with Crippen molar-refractivity contribution in [3.63, 3.8) is 0 Å². The van der Waals surface area contributed by atoms with Gasteiger partial charge in [-0.3, -0.25) is 14.0 Å². The van der Waals surface area contributed by atoms with Crippen LogP contribution in [0, 0.1) is 6.92 Å². The zero-order chi connectivity index (χ0) is 18.3. The van der Waals surface area contributed by atoms with E-state index in [-0.39, 0.29) is 17.2 Å². The van der Waals surface area contributed by atoms with Crippen LogP contribution < -0.4 is 10.9 Å². The van der Waals surface area contributed by atoms with Crippen LogP contribution in [0.4, 0.5) is 5.69 Å². The molecule has 0 unspecified atom stereocenters. The average molecular weight is 364 g/mol. The Bertz CT molecular complexity index is 1230. The summed E-state index contributed by atoms with van der Waals surface area (Å²) in [5.41, 5.74) is 1.16. The van der Waals surface area contributed by atoms with Crippen LogP contribution in [0.5, 0.6) is 0 Å². The Balaban J connectivity index is 1.76. The van der Waals surface area contributed by atoms with Gasteiger partial charge in [0.05, 0.1) is 10.7 Å². The van der Waals surface area contributed by atoms with Crippen molar-refractivity contribution in [3.8, 4) is 0 Å². The van der Waals surface area contributed by atoms with E-state index in [1.807, 2.05) is 30.3 Å². The fraction of sp³-hybridized carbons (Fsp3) is 0.0500. The number of rotatable bonds is 2. The lowest BCUT2D eigenvalue weighted by atomic mass is 10.1. The Morgan fingerprint density at radius 2 is 1.85 bits per heavy atom. The number of nitrogens with zero attached hydrogens (tertiary/aromatic N) is 2. The minimum atomic E-state index is -0.371. The summed E-state index contributed by atoms with van der Waals surface area (Å²) in [6.07, 6.45) is 1.48. The number of hydrogen-bond acceptors (Lipinski definition) is 3. The normalized spacial score (nSPS) is 11.0. The highest BCUT2D eigenvalue weighted by Gasteiger charge is 2.14. The molecular weight excluding hydrogens is 350 g/mol. The van der Waals surface area contributed by atoms with Crippen molar-refractivity contribution in [1.82, 2.24) is 9.38 Å². The SMILES string of the molecule is Cc1nc2ccc(Cl)cn2c(=O)c1NC(=O)c1ccc2ccccc2c1. The molecule has 0 aliphatic heterocycles. The monoisotopic (exact) mass is 363 g/mol. The van der Waals surface area contributed by atoms with Crippen LogP contribution in [0.1, 0.15) is 16.1 Å². The number of pyridine rings is 1. The lowest BCUT2D eigenvalue weighted by Gasteiger charge is -2.10. The van der Waals surface area contributed by atoms with E-state index in [1.165, 1.54) is 10.6 Å². The van der Waals surface area contributed by atoms with E-state index in [0.29, 0.717) is 21.9 Å². The fourth-order valence-electron chi connectivity index (χ4n) is 2.88. The van der Waals surface area contributed by atoms with E-state index >= 15 is 0 Å². The number of amides is 1. The summed E-state index contributed by atoms with van der Waals surface area (Å²) in [5, 5.41) is 5.11. The summed E-state index contributed by atoms with van der Waals surface area (Å²) in [5.74, 6) is -0.361. The highest BCUT2D eigenvalue weighted by Crippen LogP contribution is 2.17. The van der Waals surface area contributed by atoms with Gasteiger partial charge >= 0.3 is 0 Å². The second kappa shape index (κ2) is 6.28. The molecular formula is C20H14ClN3O2. The van der Waals surface area contributed by atoms with Crippen LogP contribution in [0.25, 0.3) is 16.4 Å². The average Bonchev–Trinajstić information content (AvgIpc) is 2.65. The van der Waals surface area contributed by atoms with Gasteiger partial charge in [-0.2, -0.15) is 0 Å². The number of aryl methyl sites for hydroxylation is 1. The number of carbonyl (C=O) groups is 1. The topological polar surface area (TPSA) is 63.5 Å². The second-order valence-electron chi connectivity index (χ2n) is 5.97. The molecule has 26 heavy (non-hydrogen) atoms. The number of aromatic nitrogens is 2. The number of anilines is 1. The third-order valence-electron chi connectivity index (χ3n) is 4.22. The third-order valence-corrected chi connectivity index (χ3v) is 4.44.